The molecule has 0 aromatic heterocycles. The van der Waals surface area contributed by atoms with Gasteiger partial charge in [-0.3, -0.25) is 0 Å². The number of hydrogen-bond acceptors (Lipinski definition) is 1. The van der Waals surface area contributed by atoms with Crippen LogP contribution in [0.5, 0.6) is 0 Å². The monoisotopic (exact) mass is 217 g/mol. The molecule has 1 aromatic rings. The maximum atomic E-state index is 3.88. The molecule has 0 saturated carbocycles. The summed E-state index contributed by atoms with van der Waals surface area (Å²) in [5.41, 5.74) is 1.65. The van der Waals surface area contributed by atoms with E-state index < -0.39 is 0 Å². The molecule has 1 heteroatoms. The summed E-state index contributed by atoms with van der Waals surface area (Å²) in [6, 6.07) is 10.4. The molecule has 0 aliphatic rings. The van der Waals surface area contributed by atoms with Crippen LogP contribution in [0.25, 0.3) is 0 Å². The SMILES string of the molecule is C=CN(CCCC(C)(C)C)c1ccccc1. The molecule has 0 atom stereocenters. The van der Waals surface area contributed by atoms with Crippen molar-refractivity contribution in [2.45, 2.75) is 33.6 Å². The van der Waals surface area contributed by atoms with Crippen molar-refractivity contribution in [2.24, 2.45) is 5.41 Å². The van der Waals surface area contributed by atoms with Crippen LogP contribution in [0, 0.1) is 5.41 Å². The van der Waals surface area contributed by atoms with Gasteiger partial charge < -0.3 is 4.90 Å². The van der Waals surface area contributed by atoms with Gasteiger partial charge in [-0.25, -0.2) is 0 Å². The second kappa shape index (κ2) is 5.74. The van der Waals surface area contributed by atoms with Crippen LogP contribution in [-0.4, -0.2) is 6.54 Å². The molecule has 0 radical (unpaired) electrons. The van der Waals surface area contributed by atoms with Crippen molar-refractivity contribution in [1.82, 2.24) is 0 Å². The van der Waals surface area contributed by atoms with E-state index in [2.05, 4.69) is 56.5 Å². The van der Waals surface area contributed by atoms with Gasteiger partial charge in [-0.2, -0.15) is 0 Å². The lowest BCUT2D eigenvalue weighted by Crippen LogP contribution is -2.18. The van der Waals surface area contributed by atoms with Gasteiger partial charge in [-0.15, -0.1) is 0 Å². The van der Waals surface area contributed by atoms with Gasteiger partial charge in [0.1, 0.15) is 0 Å². The molecule has 0 spiro atoms. The standard InChI is InChI=1S/C15H23N/c1-5-16(13-9-12-15(2,3)4)14-10-7-6-8-11-14/h5-8,10-11H,1,9,12-13H2,2-4H3. The van der Waals surface area contributed by atoms with E-state index in [1.165, 1.54) is 18.5 Å². The molecule has 0 aliphatic heterocycles. The average molecular weight is 217 g/mol. The minimum absolute atomic E-state index is 0.420. The fraction of sp³-hybridized carbons (Fsp3) is 0.467. The van der Waals surface area contributed by atoms with E-state index in [9.17, 15) is 0 Å². The highest BCUT2D eigenvalue weighted by Gasteiger charge is 2.10. The van der Waals surface area contributed by atoms with Crippen LogP contribution < -0.4 is 4.90 Å². The minimum Gasteiger partial charge on any atom is -0.349 e. The summed E-state index contributed by atoms with van der Waals surface area (Å²) < 4.78 is 0. The first kappa shape index (κ1) is 12.8. The van der Waals surface area contributed by atoms with E-state index >= 15 is 0 Å². The lowest BCUT2D eigenvalue weighted by atomic mass is 9.90. The van der Waals surface area contributed by atoms with Gasteiger partial charge in [0.05, 0.1) is 0 Å². The van der Waals surface area contributed by atoms with Crippen molar-refractivity contribution in [3.8, 4) is 0 Å². The maximum Gasteiger partial charge on any atom is 0.0405 e. The molecule has 0 bridgehead atoms. The average Bonchev–Trinajstić information content (AvgIpc) is 2.24. The largest absolute Gasteiger partial charge is 0.349 e. The van der Waals surface area contributed by atoms with Gasteiger partial charge in [0, 0.05) is 12.2 Å². The molecule has 0 heterocycles. The normalized spacial score (nSPS) is 11.2. The summed E-state index contributed by atoms with van der Waals surface area (Å²) in [5, 5.41) is 0. The third kappa shape index (κ3) is 4.52. The Labute approximate surface area is 99.8 Å². The molecular formula is C15H23N. The highest BCUT2D eigenvalue weighted by Crippen LogP contribution is 2.22. The molecule has 0 aliphatic carbocycles. The van der Waals surface area contributed by atoms with Crippen LogP contribution in [0.1, 0.15) is 33.6 Å². The van der Waals surface area contributed by atoms with Gasteiger partial charge in [-0.1, -0.05) is 45.5 Å². The lowest BCUT2D eigenvalue weighted by Gasteiger charge is -2.23. The maximum absolute atomic E-state index is 3.88. The molecule has 1 rings (SSSR count). The number of rotatable bonds is 5. The van der Waals surface area contributed by atoms with Crippen LogP contribution >= 0.6 is 0 Å². The Morgan fingerprint density at radius 1 is 1.19 bits per heavy atom. The molecule has 1 nitrogen and oxygen atoms in total. The van der Waals surface area contributed by atoms with E-state index in [0.717, 1.165) is 6.54 Å². The number of hydrogen-bond donors (Lipinski definition) is 0. The molecule has 1 aromatic carbocycles. The van der Waals surface area contributed by atoms with Crippen LogP contribution in [0.4, 0.5) is 5.69 Å². The first-order valence-corrected chi connectivity index (χ1v) is 5.97. The zero-order valence-electron chi connectivity index (χ0n) is 10.7. The summed E-state index contributed by atoms with van der Waals surface area (Å²) in [5.74, 6) is 0. The third-order valence-electron chi connectivity index (χ3n) is 2.63. The van der Waals surface area contributed by atoms with Gasteiger partial charge in [0.2, 0.25) is 0 Å². The second-order valence-corrected chi connectivity index (χ2v) is 5.38. The van der Waals surface area contributed by atoms with E-state index in [0.29, 0.717) is 5.41 Å². The number of benzene rings is 1. The molecule has 0 unspecified atom stereocenters. The van der Waals surface area contributed by atoms with Gasteiger partial charge in [0.15, 0.2) is 0 Å². The minimum atomic E-state index is 0.420. The van der Waals surface area contributed by atoms with E-state index in [4.69, 9.17) is 0 Å². The van der Waals surface area contributed by atoms with Gasteiger partial charge >= 0.3 is 0 Å². The Morgan fingerprint density at radius 2 is 1.81 bits per heavy atom. The molecule has 0 amide bonds. The number of nitrogens with zero attached hydrogens (tertiary/aromatic N) is 1. The van der Waals surface area contributed by atoms with Crippen molar-refractivity contribution in [2.75, 3.05) is 11.4 Å². The Kier molecular flexibility index (Phi) is 4.60. The van der Waals surface area contributed by atoms with Crippen molar-refractivity contribution >= 4 is 5.69 Å². The summed E-state index contributed by atoms with van der Waals surface area (Å²) in [6.07, 6.45) is 4.35. The van der Waals surface area contributed by atoms with Crippen LogP contribution in [-0.2, 0) is 0 Å². The Bertz CT molecular complexity index is 308. The topological polar surface area (TPSA) is 3.24 Å². The third-order valence-corrected chi connectivity index (χ3v) is 2.63. The molecule has 88 valence electrons. The van der Waals surface area contributed by atoms with Crippen molar-refractivity contribution in [3.05, 3.63) is 43.1 Å². The molecular weight excluding hydrogens is 194 g/mol. The number of anilines is 1. The van der Waals surface area contributed by atoms with Crippen LogP contribution in [0.3, 0.4) is 0 Å². The highest BCUT2D eigenvalue weighted by atomic mass is 15.1. The summed E-state index contributed by atoms with van der Waals surface area (Å²) in [6.45, 7) is 11.8. The van der Waals surface area contributed by atoms with Crippen molar-refractivity contribution < 1.29 is 0 Å². The summed E-state index contributed by atoms with van der Waals surface area (Å²) in [4.78, 5) is 2.21. The van der Waals surface area contributed by atoms with E-state index in [-0.39, 0.29) is 0 Å². The Balaban J connectivity index is 2.48. The quantitative estimate of drug-likeness (QED) is 0.703. The molecule has 0 N–H and O–H groups in total. The first-order valence-electron chi connectivity index (χ1n) is 5.97. The van der Waals surface area contributed by atoms with Crippen LogP contribution in [0.15, 0.2) is 43.1 Å². The first-order chi connectivity index (χ1) is 7.53. The van der Waals surface area contributed by atoms with Gasteiger partial charge in [-0.05, 0) is 36.6 Å². The van der Waals surface area contributed by atoms with Crippen molar-refractivity contribution in [3.63, 3.8) is 0 Å². The molecule has 0 saturated heterocycles. The lowest BCUT2D eigenvalue weighted by molar-refractivity contribution is 0.368. The Morgan fingerprint density at radius 3 is 2.31 bits per heavy atom. The fourth-order valence-electron chi connectivity index (χ4n) is 1.72. The highest BCUT2D eigenvalue weighted by molar-refractivity contribution is 5.48. The van der Waals surface area contributed by atoms with E-state index in [1.807, 2.05) is 12.3 Å². The van der Waals surface area contributed by atoms with Crippen molar-refractivity contribution in [1.29, 1.82) is 0 Å². The summed E-state index contributed by atoms with van der Waals surface area (Å²) in [7, 11) is 0. The molecule has 0 fully saturated rings. The predicted octanol–water partition coefficient (Wildman–Crippen LogP) is 4.46. The van der Waals surface area contributed by atoms with Gasteiger partial charge in [0.25, 0.3) is 0 Å². The fourth-order valence-corrected chi connectivity index (χ4v) is 1.72. The smallest absolute Gasteiger partial charge is 0.0405 e. The summed E-state index contributed by atoms with van der Waals surface area (Å²) >= 11 is 0. The Hall–Kier alpha value is -1.24. The number of para-hydroxylation sites is 1. The predicted molar refractivity (Wildman–Crippen MR) is 72.7 cm³/mol. The van der Waals surface area contributed by atoms with Crippen LogP contribution in [0.2, 0.25) is 0 Å². The zero-order chi connectivity index (χ0) is 12.0. The zero-order valence-corrected chi connectivity index (χ0v) is 10.7. The second-order valence-electron chi connectivity index (χ2n) is 5.38. The molecule has 16 heavy (non-hydrogen) atoms. The van der Waals surface area contributed by atoms with E-state index in [1.54, 1.807) is 0 Å².